The van der Waals surface area contributed by atoms with E-state index in [9.17, 15) is 13.2 Å². The molecule has 1 heterocycles. The number of ether oxygens (including phenoxy) is 1. The largest absolute Gasteiger partial charge is 0.487 e. The average molecular weight is 396 g/mol. The summed E-state index contributed by atoms with van der Waals surface area (Å²) in [6, 6.07) is 4.65. The highest BCUT2D eigenvalue weighted by Crippen LogP contribution is 2.30. The molecule has 1 aromatic carbocycles. The molecule has 0 aliphatic carbocycles. The minimum atomic E-state index is -4.33. The third-order valence-corrected chi connectivity index (χ3v) is 4.22. The predicted molar refractivity (Wildman–Crippen MR) is 76.4 cm³/mol. The van der Waals surface area contributed by atoms with Crippen LogP contribution < -0.4 is 4.74 Å². The van der Waals surface area contributed by atoms with Gasteiger partial charge in [-0.25, -0.2) is 0 Å². The number of alkyl halides is 3. The van der Waals surface area contributed by atoms with Gasteiger partial charge in [-0.15, -0.1) is 0 Å². The maximum absolute atomic E-state index is 12.4. The zero-order chi connectivity index (χ0) is 14.9. The Morgan fingerprint density at radius 2 is 1.85 bits per heavy atom. The van der Waals surface area contributed by atoms with Crippen LogP contribution in [0.15, 0.2) is 24.3 Å². The molecule has 0 saturated carbocycles. The quantitative estimate of drug-likeness (QED) is 0.736. The predicted octanol–water partition coefficient (Wildman–Crippen LogP) is 3.93. The molecule has 0 saturated heterocycles. The van der Waals surface area contributed by atoms with Crippen molar-refractivity contribution in [1.29, 1.82) is 0 Å². The first-order chi connectivity index (χ1) is 9.29. The van der Waals surface area contributed by atoms with Crippen LogP contribution in [0.3, 0.4) is 0 Å². The molecule has 0 unspecified atom stereocenters. The van der Waals surface area contributed by atoms with E-state index in [1.165, 1.54) is 12.1 Å². The molecule has 0 amide bonds. The van der Waals surface area contributed by atoms with Gasteiger partial charge in [-0.3, -0.25) is 4.68 Å². The SMILES string of the molecule is Cc1nn(C)c(COc2ccc(C(F)(F)F)cc2)c1I. The monoisotopic (exact) mass is 396 g/mol. The zero-order valence-corrected chi connectivity index (χ0v) is 13.0. The Morgan fingerprint density at radius 1 is 1.25 bits per heavy atom. The van der Waals surface area contributed by atoms with Gasteiger partial charge < -0.3 is 4.74 Å². The lowest BCUT2D eigenvalue weighted by atomic mass is 10.2. The van der Waals surface area contributed by atoms with Crippen LogP contribution in [0.4, 0.5) is 13.2 Å². The van der Waals surface area contributed by atoms with Crippen LogP contribution in [0.1, 0.15) is 17.0 Å². The molecular formula is C13H12F3IN2O. The van der Waals surface area contributed by atoms with E-state index in [-0.39, 0.29) is 6.61 Å². The summed E-state index contributed by atoms with van der Waals surface area (Å²) in [7, 11) is 1.81. The normalized spacial score (nSPS) is 11.7. The summed E-state index contributed by atoms with van der Waals surface area (Å²) in [6.07, 6.45) is -4.33. The second kappa shape index (κ2) is 5.63. The number of nitrogens with zero attached hydrogens (tertiary/aromatic N) is 2. The number of aryl methyl sites for hydroxylation is 2. The Kier molecular flexibility index (Phi) is 4.26. The standard InChI is InChI=1S/C13H12F3IN2O/c1-8-12(17)11(19(2)18-8)7-20-10-5-3-9(4-6-10)13(14,15)16/h3-6H,7H2,1-2H3. The van der Waals surface area contributed by atoms with Crippen LogP contribution in [0.2, 0.25) is 0 Å². The van der Waals surface area contributed by atoms with Gasteiger partial charge in [0.05, 0.1) is 20.5 Å². The van der Waals surface area contributed by atoms with Crippen molar-refractivity contribution in [2.75, 3.05) is 0 Å². The van der Waals surface area contributed by atoms with Crippen molar-refractivity contribution < 1.29 is 17.9 Å². The highest BCUT2D eigenvalue weighted by molar-refractivity contribution is 14.1. The molecule has 0 atom stereocenters. The number of halogens is 4. The van der Waals surface area contributed by atoms with Crippen molar-refractivity contribution >= 4 is 22.6 Å². The lowest BCUT2D eigenvalue weighted by molar-refractivity contribution is -0.137. The molecule has 0 N–H and O–H groups in total. The molecular weight excluding hydrogens is 384 g/mol. The third kappa shape index (κ3) is 3.25. The first kappa shape index (κ1) is 15.1. The van der Waals surface area contributed by atoms with E-state index in [0.29, 0.717) is 5.75 Å². The molecule has 0 fully saturated rings. The molecule has 0 aliphatic rings. The van der Waals surface area contributed by atoms with Gasteiger partial charge >= 0.3 is 6.18 Å². The lowest BCUT2D eigenvalue weighted by Gasteiger charge is -2.09. The number of hydrogen-bond donors (Lipinski definition) is 0. The summed E-state index contributed by atoms with van der Waals surface area (Å²) in [5, 5.41) is 4.25. The molecule has 0 radical (unpaired) electrons. The van der Waals surface area contributed by atoms with Crippen molar-refractivity contribution in [3.8, 4) is 5.75 Å². The Balaban J connectivity index is 2.08. The van der Waals surface area contributed by atoms with Gasteiger partial charge in [0.25, 0.3) is 0 Å². The fourth-order valence-electron chi connectivity index (χ4n) is 1.73. The maximum atomic E-state index is 12.4. The molecule has 2 aromatic rings. The minimum Gasteiger partial charge on any atom is -0.487 e. The van der Waals surface area contributed by atoms with Crippen LogP contribution in [-0.2, 0) is 19.8 Å². The third-order valence-electron chi connectivity index (χ3n) is 2.82. The van der Waals surface area contributed by atoms with Crippen LogP contribution in [0.5, 0.6) is 5.75 Å². The molecule has 0 aliphatic heterocycles. The Hall–Kier alpha value is -1.25. The summed E-state index contributed by atoms with van der Waals surface area (Å²) < 4.78 is 45.5. The number of aromatic nitrogens is 2. The lowest BCUT2D eigenvalue weighted by Crippen LogP contribution is -2.06. The average Bonchev–Trinajstić information content (AvgIpc) is 2.61. The number of hydrogen-bond acceptors (Lipinski definition) is 2. The molecule has 20 heavy (non-hydrogen) atoms. The first-order valence-electron chi connectivity index (χ1n) is 5.77. The smallest absolute Gasteiger partial charge is 0.416 e. The van der Waals surface area contributed by atoms with Gasteiger partial charge in [0.1, 0.15) is 12.4 Å². The van der Waals surface area contributed by atoms with Crippen molar-refractivity contribution in [3.63, 3.8) is 0 Å². The van der Waals surface area contributed by atoms with E-state index in [1.54, 1.807) is 11.7 Å². The van der Waals surface area contributed by atoms with Gasteiger partial charge in [-0.05, 0) is 53.8 Å². The highest BCUT2D eigenvalue weighted by atomic mass is 127. The summed E-state index contributed by atoms with van der Waals surface area (Å²) in [5.41, 5.74) is 1.11. The number of benzene rings is 1. The molecule has 7 heteroatoms. The molecule has 1 aromatic heterocycles. The van der Waals surface area contributed by atoms with E-state index >= 15 is 0 Å². The van der Waals surface area contributed by atoms with Crippen molar-refractivity contribution in [3.05, 3.63) is 44.8 Å². The van der Waals surface area contributed by atoms with Crippen LogP contribution >= 0.6 is 22.6 Å². The van der Waals surface area contributed by atoms with Crippen molar-refractivity contribution in [2.45, 2.75) is 19.7 Å². The Morgan fingerprint density at radius 3 is 2.30 bits per heavy atom. The Bertz CT molecular complexity index is 605. The van der Waals surface area contributed by atoms with Gasteiger partial charge in [-0.2, -0.15) is 18.3 Å². The van der Waals surface area contributed by atoms with Crippen LogP contribution in [0.25, 0.3) is 0 Å². The first-order valence-corrected chi connectivity index (χ1v) is 6.85. The maximum Gasteiger partial charge on any atom is 0.416 e. The molecule has 0 bridgehead atoms. The fraction of sp³-hybridized carbons (Fsp3) is 0.308. The van der Waals surface area contributed by atoms with E-state index in [1.807, 2.05) is 6.92 Å². The van der Waals surface area contributed by atoms with Gasteiger partial charge in [0.2, 0.25) is 0 Å². The summed E-state index contributed by atoms with van der Waals surface area (Å²) in [4.78, 5) is 0. The molecule has 3 nitrogen and oxygen atoms in total. The van der Waals surface area contributed by atoms with E-state index < -0.39 is 11.7 Å². The number of rotatable bonds is 3. The highest BCUT2D eigenvalue weighted by Gasteiger charge is 2.30. The second-order valence-electron chi connectivity index (χ2n) is 4.28. The van der Waals surface area contributed by atoms with Crippen LogP contribution in [0, 0.1) is 10.5 Å². The van der Waals surface area contributed by atoms with Crippen molar-refractivity contribution in [1.82, 2.24) is 9.78 Å². The zero-order valence-electron chi connectivity index (χ0n) is 10.8. The molecule has 2 rings (SSSR count). The fourth-order valence-corrected chi connectivity index (χ4v) is 2.34. The van der Waals surface area contributed by atoms with E-state index in [0.717, 1.165) is 27.1 Å². The van der Waals surface area contributed by atoms with Gasteiger partial charge in [0.15, 0.2) is 0 Å². The van der Waals surface area contributed by atoms with Gasteiger partial charge in [-0.1, -0.05) is 0 Å². The minimum absolute atomic E-state index is 0.265. The van der Waals surface area contributed by atoms with E-state index in [4.69, 9.17) is 4.74 Å². The van der Waals surface area contributed by atoms with E-state index in [2.05, 4.69) is 27.7 Å². The van der Waals surface area contributed by atoms with Crippen molar-refractivity contribution in [2.24, 2.45) is 7.05 Å². The summed E-state index contributed by atoms with van der Waals surface area (Å²) in [5.74, 6) is 0.396. The topological polar surface area (TPSA) is 27.1 Å². The van der Waals surface area contributed by atoms with Crippen LogP contribution in [-0.4, -0.2) is 9.78 Å². The summed E-state index contributed by atoms with van der Waals surface area (Å²) >= 11 is 2.17. The molecule has 0 spiro atoms. The molecule has 108 valence electrons. The Labute approximate surface area is 127 Å². The second-order valence-corrected chi connectivity index (χ2v) is 5.36. The summed E-state index contributed by atoms with van der Waals surface area (Å²) in [6.45, 7) is 2.16. The van der Waals surface area contributed by atoms with Gasteiger partial charge in [0, 0.05) is 7.05 Å².